The fraction of sp³-hybridized carbons (Fsp3) is 0.316. The third kappa shape index (κ3) is 4.21. The lowest BCUT2D eigenvalue weighted by atomic mass is 10.00. The molecule has 2 N–H and O–H groups in total. The minimum atomic E-state index is -0.649. The average Bonchev–Trinajstić information content (AvgIpc) is 2.64. The Balaban J connectivity index is 1.58. The molecule has 0 bridgehead atoms. The number of rotatable bonds is 4. The first-order chi connectivity index (χ1) is 12.2. The highest BCUT2D eigenvalue weighted by molar-refractivity contribution is 5.96. The van der Waals surface area contributed by atoms with E-state index in [-0.39, 0.29) is 11.9 Å². The van der Waals surface area contributed by atoms with Gasteiger partial charge in [-0.15, -0.1) is 0 Å². The Morgan fingerprint density at radius 3 is 2.92 bits per heavy atom. The lowest BCUT2D eigenvalue weighted by molar-refractivity contribution is 0.0349. The van der Waals surface area contributed by atoms with E-state index < -0.39 is 6.10 Å². The van der Waals surface area contributed by atoms with E-state index in [0.29, 0.717) is 24.1 Å². The van der Waals surface area contributed by atoms with Gasteiger partial charge < -0.3 is 10.4 Å². The molecule has 0 unspecified atom stereocenters. The summed E-state index contributed by atoms with van der Waals surface area (Å²) >= 11 is 0. The second-order valence-corrected chi connectivity index (χ2v) is 6.19. The van der Waals surface area contributed by atoms with Gasteiger partial charge in [0.2, 0.25) is 0 Å². The van der Waals surface area contributed by atoms with Crippen LogP contribution in [0.5, 0.6) is 0 Å². The van der Waals surface area contributed by atoms with Crippen molar-refractivity contribution in [2.24, 2.45) is 0 Å². The Morgan fingerprint density at radius 1 is 1.36 bits per heavy atom. The van der Waals surface area contributed by atoms with E-state index >= 15 is 0 Å². The van der Waals surface area contributed by atoms with Crippen LogP contribution in [0.2, 0.25) is 0 Å². The van der Waals surface area contributed by atoms with Gasteiger partial charge in [-0.05, 0) is 30.2 Å². The molecular formula is C19H20N4O2. The standard InChI is InChI=1S/C19H20N4O2/c20-10-15-5-1-2-6-16(15)19(25)22-17-7-9-23(13-18(17)24)12-14-4-3-8-21-11-14/h1-6,8,11,17-18,24H,7,9,12-13H2,(H,22,25)/t17-,18-/m1/s1. The first-order valence-corrected chi connectivity index (χ1v) is 8.26. The van der Waals surface area contributed by atoms with Gasteiger partial charge in [0, 0.05) is 32.0 Å². The Bertz CT molecular complexity index is 772. The summed E-state index contributed by atoms with van der Waals surface area (Å²) in [4.78, 5) is 18.7. The van der Waals surface area contributed by atoms with Crippen LogP contribution in [-0.4, -0.2) is 46.1 Å². The molecule has 2 aromatic rings. The Hall–Kier alpha value is -2.75. The molecule has 1 amide bonds. The fourth-order valence-electron chi connectivity index (χ4n) is 3.08. The predicted molar refractivity (Wildman–Crippen MR) is 92.5 cm³/mol. The van der Waals surface area contributed by atoms with Gasteiger partial charge in [0.1, 0.15) is 0 Å². The van der Waals surface area contributed by atoms with Crippen molar-refractivity contribution in [3.05, 3.63) is 65.5 Å². The van der Waals surface area contributed by atoms with Crippen molar-refractivity contribution in [1.29, 1.82) is 5.26 Å². The van der Waals surface area contributed by atoms with Crippen molar-refractivity contribution in [1.82, 2.24) is 15.2 Å². The summed E-state index contributed by atoms with van der Waals surface area (Å²) in [6.07, 6.45) is 3.56. The summed E-state index contributed by atoms with van der Waals surface area (Å²) in [6, 6.07) is 12.3. The van der Waals surface area contributed by atoms with E-state index in [1.807, 2.05) is 24.4 Å². The second-order valence-electron chi connectivity index (χ2n) is 6.19. The highest BCUT2D eigenvalue weighted by atomic mass is 16.3. The molecule has 6 nitrogen and oxygen atoms in total. The zero-order chi connectivity index (χ0) is 17.6. The van der Waals surface area contributed by atoms with Gasteiger partial charge in [-0.2, -0.15) is 5.26 Å². The van der Waals surface area contributed by atoms with Gasteiger partial charge in [0.15, 0.2) is 0 Å². The molecule has 1 aromatic carbocycles. The number of amides is 1. The maximum absolute atomic E-state index is 12.4. The predicted octanol–water partition coefficient (Wildman–Crippen LogP) is 1.32. The van der Waals surface area contributed by atoms with Crippen LogP contribution >= 0.6 is 0 Å². The lowest BCUT2D eigenvalue weighted by Gasteiger charge is -2.36. The average molecular weight is 336 g/mol. The highest BCUT2D eigenvalue weighted by Crippen LogP contribution is 2.15. The maximum atomic E-state index is 12.4. The number of β-amino-alcohol motifs (C(OH)–C–C–N with tert-alkyl or cyclic N) is 1. The summed E-state index contributed by atoms with van der Waals surface area (Å²) in [6.45, 7) is 1.99. The Kier molecular flexibility index (Phi) is 5.39. The summed E-state index contributed by atoms with van der Waals surface area (Å²) in [5, 5.41) is 22.4. The summed E-state index contributed by atoms with van der Waals surface area (Å²) in [5.74, 6) is -0.318. The number of nitrogens with one attached hydrogen (secondary N) is 1. The molecule has 1 aromatic heterocycles. The van der Waals surface area contributed by atoms with Crippen LogP contribution in [0, 0.1) is 11.3 Å². The molecule has 0 saturated carbocycles. The molecule has 1 saturated heterocycles. The molecule has 0 spiro atoms. The molecule has 1 fully saturated rings. The van der Waals surface area contributed by atoms with Crippen LogP contribution < -0.4 is 5.32 Å². The minimum Gasteiger partial charge on any atom is -0.390 e. The van der Waals surface area contributed by atoms with E-state index in [2.05, 4.69) is 15.2 Å². The topological polar surface area (TPSA) is 89.3 Å². The lowest BCUT2D eigenvalue weighted by Crippen LogP contribution is -2.53. The number of piperidine rings is 1. The Labute approximate surface area is 146 Å². The maximum Gasteiger partial charge on any atom is 0.252 e. The van der Waals surface area contributed by atoms with E-state index in [9.17, 15) is 9.90 Å². The Morgan fingerprint density at radius 2 is 2.20 bits per heavy atom. The van der Waals surface area contributed by atoms with Crippen molar-refractivity contribution in [3.63, 3.8) is 0 Å². The van der Waals surface area contributed by atoms with Gasteiger partial charge in [-0.25, -0.2) is 0 Å². The molecule has 2 heterocycles. The van der Waals surface area contributed by atoms with Crippen LogP contribution in [-0.2, 0) is 6.54 Å². The van der Waals surface area contributed by atoms with Gasteiger partial charge >= 0.3 is 0 Å². The minimum absolute atomic E-state index is 0.315. The van der Waals surface area contributed by atoms with E-state index in [4.69, 9.17) is 5.26 Å². The van der Waals surface area contributed by atoms with E-state index in [0.717, 1.165) is 18.7 Å². The van der Waals surface area contributed by atoms with Crippen molar-refractivity contribution in [2.45, 2.75) is 25.1 Å². The molecule has 128 valence electrons. The monoisotopic (exact) mass is 336 g/mol. The molecule has 3 rings (SSSR count). The number of hydrogen-bond acceptors (Lipinski definition) is 5. The summed E-state index contributed by atoms with van der Waals surface area (Å²) < 4.78 is 0. The quantitative estimate of drug-likeness (QED) is 0.879. The number of nitriles is 1. The molecule has 1 aliphatic heterocycles. The first kappa shape index (κ1) is 17.1. The van der Waals surface area contributed by atoms with Gasteiger partial charge in [0.25, 0.3) is 5.91 Å². The summed E-state index contributed by atoms with van der Waals surface area (Å²) in [7, 11) is 0. The van der Waals surface area contributed by atoms with Crippen molar-refractivity contribution < 1.29 is 9.90 Å². The number of carbonyl (C=O) groups excluding carboxylic acids is 1. The molecule has 25 heavy (non-hydrogen) atoms. The molecule has 0 radical (unpaired) electrons. The number of pyridine rings is 1. The SMILES string of the molecule is N#Cc1ccccc1C(=O)N[C@@H]1CCN(Cc2cccnc2)C[C@H]1O. The molecular weight excluding hydrogens is 316 g/mol. The number of aromatic nitrogens is 1. The van der Waals surface area contributed by atoms with Crippen LogP contribution in [0.3, 0.4) is 0 Å². The van der Waals surface area contributed by atoms with Gasteiger partial charge in [0.05, 0.1) is 29.3 Å². The van der Waals surface area contributed by atoms with Crippen LogP contribution in [0.1, 0.15) is 27.9 Å². The number of aliphatic hydroxyl groups is 1. The molecule has 1 aliphatic rings. The largest absolute Gasteiger partial charge is 0.390 e. The smallest absolute Gasteiger partial charge is 0.252 e. The normalized spacial score (nSPS) is 20.6. The first-order valence-electron chi connectivity index (χ1n) is 8.26. The van der Waals surface area contributed by atoms with Crippen molar-refractivity contribution in [2.75, 3.05) is 13.1 Å². The van der Waals surface area contributed by atoms with Crippen molar-refractivity contribution in [3.8, 4) is 6.07 Å². The zero-order valence-corrected chi connectivity index (χ0v) is 13.8. The molecule has 2 atom stereocenters. The summed E-state index contributed by atoms with van der Waals surface area (Å²) in [5.41, 5.74) is 1.78. The fourth-order valence-corrected chi connectivity index (χ4v) is 3.08. The molecule has 0 aliphatic carbocycles. The highest BCUT2D eigenvalue weighted by Gasteiger charge is 2.29. The van der Waals surface area contributed by atoms with Crippen LogP contribution in [0.15, 0.2) is 48.8 Å². The van der Waals surface area contributed by atoms with Gasteiger partial charge in [-0.3, -0.25) is 14.7 Å². The number of nitrogens with zero attached hydrogens (tertiary/aromatic N) is 3. The van der Waals surface area contributed by atoms with Crippen molar-refractivity contribution >= 4 is 5.91 Å². The van der Waals surface area contributed by atoms with E-state index in [1.54, 1.807) is 30.5 Å². The molecule has 6 heteroatoms. The van der Waals surface area contributed by atoms with Crippen LogP contribution in [0.25, 0.3) is 0 Å². The third-order valence-electron chi connectivity index (χ3n) is 4.40. The third-order valence-corrected chi connectivity index (χ3v) is 4.40. The zero-order valence-electron chi connectivity index (χ0n) is 13.8. The number of aliphatic hydroxyl groups excluding tert-OH is 1. The number of carbonyl (C=O) groups is 1. The van der Waals surface area contributed by atoms with Gasteiger partial charge in [-0.1, -0.05) is 18.2 Å². The number of benzene rings is 1. The second kappa shape index (κ2) is 7.88. The number of likely N-dealkylation sites (tertiary alicyclic amines) is 1. The van der Waals surface area contributed by atoms with Crippen LogP contribution in [0.4, 0.5) is 0 Å². The number of hydrogen-bond donors (Lipinski definition) is 2. The van der Waals surface area contributed by atoms with E-state index in [1.165, 1.54) is 0 Å².